The third-order valence-electron chi connectivity index (χ3n) is 3.91. The van der Waals surface area contributed by atoms with E-state index in [1.807, 2.05) is 0 Å². The van der Waals surface area contributed by atoms with Crippen molar-refractivity contribution < 1.29 is 23.8 Å². The first-order chi connectivity index (χ1) is 14.2. The van der Waals surface area contributed by atoms with E-state index in [-0.39, 0.29) is 37.5 Å². The van der Waals surface area contributed by atoms with Gasteiger partial charge in [0.1, 0.15) is 11.3 Å². The van der Waals surface area contributed by atoms with E-state index in [1.54, 1.807) is 6.07 Å². The Balaban J connectivity index is 2.08. The molecule has 0 aliphatic heterocycles. The molecule has 0 spiro atoms. The second kappa shape index (κ2) is 8.70. The molecule has 154 valence electrons. The highest BCUT2D eigenvalue weighted by molar-refractivity contribution is 6.39. The monoisotopic (exact) mass is 469 g/mol. The lowest BCUT2D eigenvalue weighted by atomic mass is 10.1. The average Bonchev–Trinajstić information content (AvgIpc) is 3.10. The number of nitrogens with one attached hydrogen (secondary N) is 1. The molecular formula is C18H10Cl3N3O6. The zero-order valence-corrected chi connectivity index (χ0v) is 17.2. The maximum Gasteiger partial charge on any atom is 0.345 e. The number of amides is 1. The molecule has 30 heavy (non-hydrogen) atoms. The number of methoxy groups -OCH3 is 1. The van der Waals surface area contributed by atoms with Crippen molar-refractivity contribution >= 4 is 58.3 Å². The van der Waals surface area contributed by atoms with Crippen LogP contribution in [0.1, 0.15) is 20.7 Å². The summed E-state index contributed by atoms with van der Waals surface area (Å²) in [6.07, 6.45) is 0. The number of rotatable bonds is 5. The van der Waals surface area contributed by atoms with Crippen LogP contribution in [0.3, 0.4) is 0 Å². The first-order valence-electron chi connectivity index (χ1n) is 8.02. The molecule has 0 fully saturated rings. The number of nitro benzene ring substituents is 1. The highest BCUT2D eigenvalue weighted by Crippen LogP contribution is 2.38. The van der Waals surface area contributed by atoms with Gasteiger partial charge < -0.3 is 9.26 Å². The Kier molecular flexibility index (Phi) is 6.25. The van der Waals surface area contributed by atoms with E-state index in [9.17, 15) is 19.7 Å². The molecule has 0 aliphatic rings. The predicted molar refractivity (Wildman–Crippen MR) is 109 cm³/mol. The highest BCUT2D eigenvalue weighted by Gasteiger charge is 2.30. The number of ether oxygens (including phenoxy) is 1. The molecule has 1 amide bonds. The number of carbonyl (C=O) groups is 2. The number of halogens is 3. The van der Waals surface area contributed by atoms with Gasteiger partial charge in [0.05, 0.1) is 22.1 Å². The van der Waals surface area contributed by atoms with Crippen molar-refractivity contribution in [1.82, 2.24) is 5.16 Å². The van der Waals surface area contributed by atoms with Crippen molar-refractivity contribution in [2.24, 2.45) is 0 Å². The van der Waals surface area contributed by atoms with Crippen LogP contribution in [0.25, 0.3) is 11.3 Å². The minimum absolute atomic E-state index is 0.0710. The lowest BCUT2D eigenvalue weighted by Crippen LogP contribution is -2.16. The Labute approximate surface area is 183 Å². The van der Waals surface area contributed by atoms with Gasteiger partial charge in [-0.05, 0) is 24.3 Å². The van der Waals surface area contributed by atoms with E-state index < -0.39 is 28.4 Å². The molecule has 3 aromatic rings. The molecule has 0 aliphatic carbocycles. The molecule has 0 bridgehead atoms. The van der Waals surface area contributed by atoms with Crippen molar-refractivity contribution in [3.8, 4) is 11.3 Å². The standard InChI is InChI=1S/C18H10Cl3N3O6/c1-29-18(26)14-15(13-10(20)3-2-4-11(13)21)23-30-17(14)22-16(25)9-6-5-8(19)7-12(9)24(27)28/h2-7H,1H3,(H,22,25). The number of aromatic nitrogens is 1. The fourth-order valence-corrected chi connectivity index (χ4v) is 3.32. The molecule has 2 aromatic carbocycles. The van der Waals surface area contributed by atoms with Gasteiger partial charge in [-0.1, -0.05) is 46.0 Å². The van der Waals surface area contributed by atoms with E-state index in [4.69, 9.17) is 44.1 Å². The molecule has 1 heterocycles. The second-order valence-electron chi connectivity index (χ2n) is 5.70. The van der Waals surface area contributed by atoms with Crippen LogP contribution >= 0.6 is 34.8 Å². The van der Waals surface area contributed by atoms with Crippen molar-refractivity contribution in [3.05, 3.63) is 72.7 Å². The third kappa shape index (κ3) is 4.09. The van der Waals surface area contributed by atoms with Gasteiger partial charge >= 0.3 is 5.97 Å². The first kappa shape index (κ1) is 21.6. The zero-order valence-electron chi connectivity index (χ0n) is 14.9. The Hall–Kier alpha value is -3.14. The van der Waals surface area contributed by atoms with E-state index in [0.29, 0.717) is 0 Å². The van der Waals surface area contributed by atoms with E-state index in [0.717, 1.165) is 19.2 Å². The van der Waals surface area contributed by atoms with Crippen LogP contribution in [0.5, 0.6) is 0 Å². The van der Waals surface area contributed by atoms with Crippen LogP contribution < -0.4 is 5.32 Å². The minimum atomic E-state index is -0.934. The summed E-state index contributed by atoms with van der Waals surface area (Å²) in [5.41, 5.74) is -0.999. The van der Waals surface area contributed by atoms with E-state index >= 15 is 0 Å². The summed E-state index contributed by atoms with van der Waals surface area (Å²) in [5, 5.41) is 17.7. The minimum Gasteiger partial charge on any atom is -0.465 e. The molecule has 0 atom stereocenters. The van der Waals surface area contributed by atoms with Gasteiger partial charge in [-0.2, -0.15) is 0 Å². The summed E-state index contributed by atoms with van der Waals surface area (Å²) < 4.78 is 9.84. The van der Waals surface area contributed by atoms with Gasteiger partial charge in [0, 0.05) is 16.7 Å². The van der Waals surface area contributed by atoms with Gasteiger partial charge in [-0.25, -0.2) is 4.79 Å². The van der Waals surface area contributed by atoms with Gasteiger partial charge in [0.25, 0.3) is 11.6 Å². The Morgan fingerprint density at radius 1 is 1.17 bits per heavy atom. The maximum atomic E-state index is 12.6. The quantitative estimate of drug-likeness (QED) is 0.307. The summed E-state index contributed by atoms with van der Waals surface area (Å²) in [6, 6.07) is 8.12. The summed E-state index contributed by atoms with van der Waals surface area (Å²) in [6.45, 7) is 0. The van der Waals surface area contributed by atoms with Crippen LogP contribution in [0, 0.1) is 10.1 Å². The smallest absolute Gasteiger partial charge is 0.345 e. The molecule has 0 radical (unpaired) electrons. The predicted octanol–water partition coefficient (Wildman–Crippen LogP) is 5.25. The molecule has 3 rings (SSSR count). The number of benzene rings is 2. The maximum absolute atomic E-state index is 12.6. The number of carbonyl (C=O) groups excluding carboxylic acids is 2. The topological polar surface area (TPSA) is 125 Å². The fraction of sp³-hybridized carbons (Fsp3) is 0.0556. The largest absolute Gasteiger partial charge is 0.465 e. The molecule has 1 aromatic heterocycles. The van der Waals surface area contributed by atoms with E-state index in [2.05, 4.69) is 10.5 Å². The van der Waals surface area contributed by atoms with Crippen LogP contribution in [0.2, 0.25) is 15.1 Å². The fourth-order valence-electron chi connectivity index (χ4n) is 2.58. The number of hydrogen-bond donors (Lipinski definition) is 1. The van der Waals surface area contributed by atoms with Crippen molar-refractivity contribution in [1.29, 1.82) is 0 Å². The van der Waals surface area contributed by atoms with Crippen molar-refractivity contribution in [2.75, 3.05) is 12.4 Å². The normalized spacial score (nSPS) is 10.5. The van der Waals surface area contributed by atoms with Crippen LogP contribution in [0.15, 0.2) is 40.9 Å². The van der Waals surface area contributed by atoms with Gasteiger partial charge in [0.15, 0.2) is 5.56 Å². The Bertz CT molecular complexity index is 1160. The Morgan fingerprint density at radius 3 is 2.43 bits per heavy atom. The number of anilines is 1. The Morgan fingerprint density at radius 2 is 1.83 bits per heavy atom. The molecule has 1 N–H and O–H groups in total. The number of hydrogen-bond acceptors (Lipinski definition) is 7. The summed E-state index contributed by atoms with van der Waals surface area (Å²) in [4.78, 5) is 35.5. The average molecular weight is 471 g/mol. The van der Waals surface area contributed by atoms with Crippen molar-refractivity contribution in [2.45, 2.75) is 0 Å². The molecule has 0 saturated carbocycles. The number of nitrogens with zero attached hydrogens (tertiary/aromatic N) is 2. The molecular weight excluding hydrogens is 461 g/mol. The van der Waals surface area contributed by atoms with E-state index in [1.165, 1.54) is 18.2 Å². The molecule has 0 unspecified atom stereocenters. The SMILES string of the molecule is COC(=O)c1c(-c2c(Cl)cccc2Cl)noc1NC(=O)c1ccc(Cl)cc1[N+](=O)[O-]. The van der Waals surface area contributed by atoms with Crippen molar-refractivity contribution in [3.63, 3.8) is 0 Å². The lowest BCUT2D eigenvalue weighted by Gasteiger charge is -2.07. The number of nitro groups is 1. The second-order valence-corrected chi connectivity index (χ2v) is 6.95. The third-order valence-corrected chi connectivity index (χ3v) is 4.77. The molecule has 12 heteroatoms. The molecule has 0 saturated heterocycles. The first-order valence-corrected chi connectivity index (χ1v) is 9.15. The van der Waals surface area contributed by atoms with Crippen LogP contribution in [0.4, 0.5) is 11.6 Å². The van der Waals surface area contributed by atoms with Gasteiger partial charge in [-0.3, -0.25) is 20.2 Å². The zero-order chi connectivity index (χ0) is 22.0. The summed E-state index contributed by atoms with van der Waals surface area (Å²) in [7, 11) is 1.11. The highest BCUT2D eigenvalue weighted by atomic mass is 35.5. The van der Waals surface area contributed by atoms with Gasteiger partial charge in [0.2, 0.25) is 5.88 Å². The summed E-state index contributed by atoms with van der Waals surface area (Å²) in [5.74, 6) is -2.23. The molecule has 9 nitrogen and oxygen atoms in total. The lowest BCUT2D eigenvalue weighted by molar-refractivity contribution is -0.385. The van der Waals surface area contributed by atoms with Crippen LogP contribution in [-0.2, 0) is 4.74 Å². The number of esters is 1. The van der Waals surface area contributed by atoms with Gasteiger partial charge in [-0.15, -0.1) is 0 Å². The van der Waals surface area contributed by atoms with Crippen LogP contribution in [-0.4, -0.2) is 29.1 Å². The summed E-state index contributed by atoms with van der Waals surface area (Å²) >= 11 is 18.1.